The number of hydrogen-bond donors (Lipinski definition) is 1. The van der Waals surface area contributed by atoms with Crippen molar-refractivity contribution in [2.45, 2.75) is 51.5 Å². The molecule has 2 atom stereocenters. The van der Waals surface area contributed by atoms with Gasteiger partial charge < -0.3 is 5.73 Å². The van der Waals surface area contributed by atoms with Gasteiger partial charge in [0.25, 0.3) is 0 Å². The SMILES string of the molecule is C=C(CC)CC1CCCCC1N. The quantitative estimate of drug-likeness (QED) is 0.643. The molecule has 1 heteroatoms. The zero-order valence-electron chi connectivity index (χ0n) is 8.18. The highest BCUT2D eigenvalue weighted by molar-refractivity contribution is 4.97. The first kappa shape index (κ1) is 9.79. The normalized spacial score (nSPS) is 30.2. The Kier molecular flexibility index (Phi) is 3.80. The van der Waals surface area contributed by atoms with Crippen molar-refractivity contribution in [1.29, 1.82) is 0 Å². The van der Waals surface area contributed by atoms with Crippen molar-refractivity contribution in [3.05, 3.63) is 12.2 Å². The van der Waals surface area contributed by atoms with Crippen molar-refractivity contribution < 1.29 is 0 Å². The Morgan fingerprint density at radius 1 is 1.42 bits per heavy atom. The van der Waals surface area contributed by atoms with Gasteiger partial charge in [-0.25, -0.2) is 0 Å². The maximum atomic E-state index is 6.04. The molecule has 0 radical (unpaired) electrons. The fourth-order valence-electron chi connectivity index (χ4n) is 2.00. The van der Waals surface area contributed by atoms with Crippen LogP contribution in [0, 0.1) is 5.92 Å². The van der Waals surface area contributed by atoms with Gasteiger partial charge in [-0.3, -0.25) is 0 Å². The second kappa shape index (κ2) is 4.66. The van der Waals surface area contributed by atoms with Crippen LogP contribution in [-0.2, 0) is 0 Å². The molecular formula is C11H21N. The Bertz CT molecular complexity index is 151. The summed E-state index contributed by atoms with van der Waals surface area (Å²) in [5.74, 6) is 0.728. The second-order valence-corrected chi connectivity index (χ2v) is 4.02. The third kappa shape index (κ3) is 2.63. The minimum Gasteiger partial charge on any atom is -0.327 e. The van der Waals surface area contributed by atoms with E-state index in [1.54, 1.807) is 0 Å². The molecule has 1 fully saturated rings. The minimum atomic E-state index is 0.446. The standard InChI is InChI=1S/C11H21N/c1-3-9(2)8-10-6-4-5-7-11(10)12/h10-11H,2-8,12H2,1H3. The van der Waals surface area contributed by atoms with Gasteiger partial charge >= 0.3 is 0 Å². The predicted octanol–water partition coefficient (Wildman–Crippen LogP) is 2.86. The summed E-state index contributed by atoms with van der Waals surface area (Å²) < 4.78 is 0. The Hall–Kier alpha value is -0.300. The van der Waals surface area contributed by atoms with Crippen LogP contribution in [0.25, 0.3) is 0 Å². The van der Waals surface area contributed by atoms with E-state index in [9.17, 15) is 0 Å². The molecular weight excluding hydrogens is 146 g/mol. The van der Waals surface area contributed by atoms with Gasteiger partial charge in [0.1, 0.15) is 0 Å². The minimum absolute atomic E-state index is 0.446. The molecule has 0 aromatic carbocycles. The van der Waals surface area contributed by atoms with E-state index >= 15 is 0 Å². The van der Waals surface area contributed by atoms with E-state index in [-0.39, 0.29) is 0 Å². The van der Waals surface area contributed by atoms with Crippen molar-refractivity contribution in [3.8, 4) is 0 Å². The molecule has 0 aromatic rings. The Morgan fingerprint density at radius 3 is 2.67 bits per heavy atom. The molecule has 1 aliphatic carbocycles. The molecule has 0 spiro atoms. The van der Waals surface area contributed by atoms with Crippen molar-refractivity contribution in [2.24, 2.45) is 11.7 Å². The number of allylic oxidation sites excluding steroid dienone is 1. The third-order valence-electron chi connectivity index (χ3n) is 3.02. The van der Waals surface area contributed by atoms with E-state index in [0.717, 1.165) is 18.8 Å². The third-order valence-corrected chi connectivity index (χ3v) is 3.02. The maximum Gasteiger partial charge on any atom is 0.00702 e. The van der Waals surface area contributed by atoms with Crippen molar-refractivity contribution in [3.63, 3.8) is 0 Å². The molecule has 1 aliphatic rings. The van der Waals surface area contributed by atoms with Gasteiger partial charge in [-0.2, -0.15) is 0 Å². The molecule has 2 N–H and O–H groups in total. The summed E-state index contributed by atoms with van der Waals surface area (Å²) in [4.78, 5) is 0. The summed E-state index contributed by atoms with van der Waals surface area (Å²) >= 11 is 0. The Balaban J connectivity index is 2.33. The average Bonchev–Trinajstić information content (AvgIpc) is 2.09. The highest BCUT2D eigenvalue weighted by Gasteiger charge is 2.21. The van der Waals surface area contributed by atoms with Crippen LogP contribution >= 0.6 is 0 Å². The molecule has 1 rings (SSSR count). The van der Waals surface area contributed by atoms with E-state index in [2.05, 4.69) is 13.5 Å². The molecule has 2 unspecified atom stereocenters. The van der Waals surface area contributed by atoms with E-state index < -0.39 is 0 Å². The lowest BCUT2D eigenvalue weighted by Crippen LogP contribution is -2.33. The zero-order chi connectivity index (χ0) is 8.97. The molecule has 70 valence electrons. The van der Waals surface area contributed by atoms with Gasteiger partial charge in [0.2, 0.25) is 0 Å². The first-order chi connectivity index (χ1) is 5.74. The largest absolute Gasteiger partial charge is 0.327 e. The van der Waals surface area contributed by atoms with E-state index in [1.165, 1.54) is 31.3 Å². The summed E-state index contributed by atoms with van der Waals surface area (Å²) in [7, 11) is 0. The monoisotopic (exact) mass is 167 g/mol. The lowest BCUT2D eigenvalue weighted by molar-refractivity contribution is 0.304. The molecule has 0 heterocycles. The summed E-state index contributed by atoms with van der Waals surface area (Å²) in [6, 6.07) is 0.446. The van der Waals surface area contributed by atoms with Crippen LogP contribution in [0.5, 0.6) is 0 Å². The fourth-order valence-corrected chi connectivity index (χ4v) is 2.00. The van der Waals surface area contributed by atoms with Crippen molar-refractivity contribution in [1.82, 2.24) is 0 Å². The maximum absolute atomic E-state index is 6.04. The van der Waals surface area contributed by atoms with Gasteiger partial charge in [0.15, 0.2) is 0 Å². The first-order valence-corrected chi connectivity index (χ1v) is 5.16. The number of hydrogen-bond acceptors (Lipinski definition) is 1. The molecule has 0 amide bonds. The molecule has 1 saturated carbocycles. The van der Waals surface area contributed by atoms with Gasteiger partial charge in [-0.1, -0.05) is 31.9 Å². The molecule has 0 aliphatic heterocycles. The van der Waals surface area contributed by atoms with Crippen LogP contribution in [0.15, 0.2) is 12.2 Å². The van der Waals surface area contributed by atoms with Crippen LogP contribution < -0.4 is 5.73 Å². The van der Waals surface area contributed by atoms with E-state index in [4.69, 9.17) is 5.73 Å². The van der Waals surface area contributed by atoms with Crippen LogP contribution in [-0.4, -0.2) is 6.04 Å². The summed E-state index contributed by atoms with van der Waals surface area (Å²) in [5.41, 5.74) is 7.41. The predicted molar refractivity (Wildman–Crippen MR) is 54.0 cm³/mol. The summed E-state index contributed by atoms with van der Waals surface area (Å²) in [6.07, 6.45) is 7.52. The molecule has 0 bridgehead atoms. The van der Waals surface area contributed by atoms with Gasteiger partial charge in [-0.15, -0.1) is 0 Å². The molecule has 1 nitrogen and oxygen atoms in total. The highest BCUT2D eigenvalue weighted by atomic mass is 14.7. The zero-order valence-corrected chi connectivity index (χ0v) is 8.18. The molecule has 0 aromatic heterocycles. The van der Waals surface area contributed by atoms with Crippen LogP contribution in [0.3, 0.4) is 0 Å². The Labute approximate surface area is 76.0 Å². The topological polar surface area (TPSA) is 26.0 Å². The number of rotatable bonds is 3. The molecule has 0 saturated heterocycles. The van der Waals surface area contributed by atoms with Gasteiger partial charge in [-0.05, 0) is 31.6 Å². The second-order valence-electron chi connectivity index (χ2n) is 4.02. The van der Waals surface area contributed by atoms with Crippen molar-refractivity contribution >= 4 is 0 Å². The average molecular weight is 167 g/mol. The van der Waals surface area contributed by atoms with Crippen LogP contribution in [0.4, 0.5) is 0 Å². The fraction of sp³-hybridized carbons (Fsp3) is 0.818. The van der Waals surface area contributed by atoms with Crippen LogP contribution in [0.2, 0.25) is 0 Å². The van der Waals surface area contributed by atoms with Gasteiger partial charge in [0, 0.05) is 6.04 Å². The first-order valence-electron chi connectivity index (χ1n) is 5.16. The highest BCUT2D eigenvalue weighted by Crippen LogP contribution is 2.28. The van der Waals surface area contributed by atoms with Crippen LogP contribution in [0.1, 0.15) is 45.4 Å². The van der Waals surface area contributed by atoms with E-state index in [1.807, 2.05) is 0 Å². The van der Waals surface area contributed by atoms with Crippen molar-refractivity contribution in [2.75, 3.05) is 0 Å². The number of nitrogens with two attached hydrogens (primary N) is 1. The summed E-state index contributed by atoms with van der Waals surface area (Å²) in [6.45, 7) is 6.22. The lowest BCUT2D eigenvalue weighted by atomic mass is 9.81. The molecule has 12 heavy (non-hydrogen) atoms. The smallest absolute Gasteiger partial charge is 0.00702 e. The van der Waals surface area contributed by atoms with Gasteiger partial charge in [0.05, 0.1) is 0 Å². The van der Waals surface area contributed by atoms with E-state index in [0.29, 0.717) is 6.04 Å². The summed E-state index contributed by atoms with van der Waals surface area (Å²) in [5, 5.41) is 0. The lowest BCUT2D eigenvalue weighted by Gasteiger charge is -2.28. The Morgan fingerprint density at radius 2 is 2.08 bits per heavy atom.